The smallest absolute Gasteiger partial charge is 0.355 e. The first kappa shape index (κ1) is 21.6. The highest BCUT2D eigenvalue weighted by Gasteiger charge is 2.30. The number of halogens is 5. The van der Waals surface area contributed by atoms with E-state index in [0.717, 1.165) is 12.1 Å². The van der Waals surface area contributed by atoms with Gasteiger partial charge in [0.2, 0.25) is 0 Å². The van der Waals surface area contributed by atoms with Crippen molar-refractivity contribution in [3.63, 3.8) is 0 Å². The Morgan fingerprint density at radius 3 is 2.23 bits per heavy atom. The summed E-state index contributed by atoms with van der Waals surface area (Å²) in [4.78, 5) is 13.0. The van der Waals surface area contributed by atoms with Crippen molar-refractivity contribution in [1.29, 1.82) is 0 Å². The quantitative estimate of drug-likeness (QED) is 0.321. The van der Waals surface area contributed by atoms with Crippen LogP contribution in [0.1, 0.15) is 15.9 Å². The monoisotopic (exact) mass is 438 g/mol. The predicted octanol–water partition coefficient (Wildman–Crippen LogP) is 7.02. The van der Waals surface area contributed by atoms with Crippen molar-refractivity contribution in [1.82, 2.24) is 0 Å². The Hall–Kier alpha value is -3.07. The van der Waals surface area contributed by atoms with E-state index in [1.54, 1.807) is 30.3 Å². The molecule has 0 radical (unpaired) electrons. The molecule has 0 aliphatic carbocycles. The average molecular weight is 438 g/mol. The van der Waals surface area contributed by atoms with Crippen LogP contribution < -0.4 is 10.6 Å². The second-order valence-corrected chi connectivity index (χ2v) is 7.17. The first-order valence-electron chi connectivity index (χ1n) is 8.62. The third-order valence-electron chi connectivity index (χ3n) is 3.98. The van der Waals surface area contributed by atoms with Gasteiger partial charge in [-0.2, -0.15) is 22.0 Å². The summed E-state index contributed by atoms with van der Waals surface area (Å²) in [6.45, 7) is 0. The number of carbonyl (C=O) groups is 1. The summed E-state index contributed by atoms with van der Waals surface area (Å²) in [6.07, 6.45) is -4.52. The normalized spacial score (nSPS) is 11.4. The van der Waals surface area contributed by atoms with Crippen molar-refractivity contribution in [2.45, 2.75) is 16.8 Å². The molecule has 0 unspecified atom stereocenters. The van der Waals surface area contributed by atoms with Crippen LogP contribution >= 0.6 is 11.8 Å². The van der Waals surface area contributed by atoms with Gasteiger partial charge in [0, 0.05) is 16.3 Å². The van der Waals surface area contributed by atoms with Crippen molar-refractivity contribution >= 4 is 34.7 Å². The van der Waals surface area contributed by atoms with E-state index in [1.807, 2.05) is 0 Å². The lowest BCUT2D eigenvalue weighted by Crippen LogP contribution is -2.14. The Kier molecular flexibility index (Phi) is 6.61. The summed E-state index contributed by atoms with van der Waals surface area (Å²) in [5, 5.41) is 5.48. The van der Waals surface area contributed by atoms with Gasteiger partial charge in [-0.25, -0.2) is 0 Å². The van der Waals surface area contributed by atoms with Gasteiger partial charge in [-0.15, -0.1) is 0 Å². The molecule has 0 atom stereocenters. The fourth-order valence-electron chi connectivity index (χ4n) is 2.64. The maximum atomic E-state index is 12.9. The van der Waals surface area contributed by atoms with Crippen LogP contribution in [-0.2, 0) is 6.18 Å². The molecule has 30 heavy (non-hydrogen) atoms. The van der Waals surface area contributed by atoms with Gasteiger partial charge in [-0.05, 0) is 54.6 Å². The number of para-hydroxylation sites is 1. The van der Waals surface area contributed by atoms with Gasteiger partial charge < -0.3 is 10.6 Å². The highest BCUT2D eigenvalue weighted by atomic mass is 32.2. The number of alkyl halides is 5. The zero-order valence-corrected chi connectivity index (χ0v) is 16.0. The molecule has 0 fully saturated rings. The van der Waals surface area contributed by atoms with Crippen LogP contribution in [-0.4, -0.2) is 11.7 Å². The van der Waals surface area contributed by atoms with Crippen LogP contribution in [0, 0.1) is 0 Å². The SMILES string of the molecule is O=C(Nc1cccc(C(F)(F)F)c1)c1ccccc1Nc1ccc(SC(F)F)cc1. The molecule has 0 bridgehead atoms. The van der Waals surface area contributed by atoms with Crippen LogP contribution in [0.3, 0.4) is 0 Å². The number of amides is 1. The Morgan fingerprint density at radius 1 is 0.867 bits per heavy atom. The van der Waals surface area contributed by atoms with Crippen molar-refractivity contribution in [3.8, 4) is 0 Å². The summed E-state index contributed by atoms with van der Waals surface area (Å²) < 4.78 is 63.4. The number of benzene rings is 3. The summed E-state index contributed by atoms with van der Waals surface area (Å²) in [6, 6.07) is 17.0. The van der Waals surface area contributed by atoms with Crippen molar-refractivity contribution in [2.75, 3.05) is 10.6 Å². The van der Waals surface area contributed by atoms with Gasteiger partial charge in [-0.3, -0.25) is 4.79 Å². The van der Waals surface area contributed by atoms with Crippen LogP contribution in [0.15, 0.2) is 77.7 Å². The van der Waals surface area contributed by atoms with Gasteiger partial charge in [0.1, 0.15) is 0 Å². The molecule has 0 heterocycles. The van der Waals surface area contributed by atoms with Crippen LogP contribution in [0.2, 0.25) is 0 Å². The Labute approximate surface area is 173 Å². The van der Waals surface area contributed by atoms with Gasteiger partial charge >= 0.3 is 6.18 Å². The fourth-order valence-corrected chi connectivity index (χ4v) is 3.14. The topological polar surface area (TPSA) is 41.1 Å². The van der Waals surface area contributed by atoms with Gasteiger partial charge in [0.25, 0.3) is 11.7 Å². The first-order chi connectivity index (χ1) is 14.2. The Balaban J connectivity index is 1.77. The van der Waals surface area contributed by atoms with E-state index in [0.29, 0.717) is 28.0 Å². The third kappa shape index (κ3) is 5.73. The molecular weight excluding hydrogens is 423 g/mol. The van der Waals surface area contributed by atoms with E-state index in [-0.39, 0.29) is 11.3 Å². The van der Waals surface area contributed by atoms with E-state index in [2.05, 4.69) is 10.6 Å². The summed E-state index contributed by atoms with van der Waals surface area (Å²) in [7, 11) is 0. The van der Waals surface area contributed by atoms with E-state index in [9.17, 15) is 26.7 Å². The summed E-state index contributed by atoms with van der Waals surface area (Å²) >= 11 is 0.420. The molecule has 3 aromatic rings. The molecule has 0 saturated heterocycles. The molecule has 3 aromatic carbocycles. The molecule has 0 aliphatic heterocycles. The van der Waals surface area contributed by atoms with Crippen molar-refractivity contribution in [3.05, 3.63) is 83.9 Å². The fraction of sp³-hybridized carbons (Fsp3) is 0.0952. The maximum Gasteiger partial charge on any atom is 0.416 e. The minimum Gasteiger partial charge on any atom is -0.355 e. The van der Waals surface area contributed by atoms with E-state index in [4.69, 9.17) is 0 Å². The van der Waals surface area contributed by atoms with Crippen LogP contribution in [0.25, 0.3) is 0 Å². The zero-order valence-electron chi connectivity index (χ0n) is 15.2. The highest BCUT2D eigenvalue weighted by Crippen LogP contribution is 2.31. The number of anilines is 3. The Bertz CT molecular complexity index is 1020. The molecule has 0 saturated carbocycles. The largest absolute Gasteiger partial charge is 0.416 e. The van der Waals surface area contributed by atoms with E-state index in [1.165, 1.54) is 30.3 Å². The minimum atomic E-state index is -4.52. The lowest BCUT2D eigenvalue weighted by Gasteiger charge is -2.14. The molecule has 0 aliphatic rings. The minimum absolute atomic E-state index is 0.0120. The lowest BCUT2D eigenvalue weighted by molar-refractivity contribution is -0.137. The second-order valence-electron chi connectivity index (χ2n) is 6.11. The maximum absolute atomic E-state index is 12.9. The number of hydrogen-bond acceptors (Lipinski definition) is 3. The van der Waals surface area contributed by atoms with Gasteiger partial charge in [-0.1, -0.05) is 30.0 Å². The third-order valence-corrected chi connectivity index (χ3v) is 4.70. The highest BCUT2D eigenvalue weighted by molar-refractivity contribution is 7.99. The van der Waals surface area contributed by atoms with E-state index >= 15 is 0 Å². The first-order valence-corrected chi connectivity index (χ1v) is 9.50. The van der Waals surface area contributed by atoms with Crippen LogP contribution in [0.5, 0.6) is 0 Å². The van der Waals surface area contributed by atoms with Crippen molar-refractivity contribution in [2.24, 2.45) is 0 Å². The zero-order chi connectivity index (χ0) is 21.7. The molecule has 156 valence electrons. The molecule has 0 aromatic heterocycles. The Morgan fingerprint density at radius 2 is 1.57 bits per heavy atom. The number of nitrogens with one attached hydrogen (secondary N) is 2. The van der Waals surface area contributed by atoms with Gasteiger partial charge in [0.15, 0.2) is 0 Å². The number of thioether (sulfide) groups is 1. The predicted molar refractivity (Wildman–Crippen MR) is 107 cm³/mol. The van der Waals surface area contributed by atoms with Crippen molar-refractivity contribution < 1.29 is 26.7 Å². The molecule has 2 N–H and O–H groups in total. The summed E-state index contributed by atoms with van der Waals surface area (Å²) in [5.74, 6) is -3.12. The molecule has 0 spiro atoms. The van der Waals surface area contributed by atoms with Crippen LogP contribution in [0.4, 0.5) is 39.0 Å². The van der Waals surface area contributed by atoms with Gasteiger partial charge in [0.05, 0.1) is 16.8 Å². The summed E-state index contributed by atoms with van der Waals surface area (Å²) in [5.41, 5.74) is 0.330. The second kappa shape index (κ2) is 9.17. The lowest BCUT2D eigenvalue weighted by atomic mass is 10.1. The average Bonchev–Trinajstić information content (AvgIpc) is 2.69. The molecule has 9 heteroatoms. The number of rotatable bonds is 6. The molecule has 1 amide bonds. The molecular formula is C21H15F5N2OS. The molecule has 3 rings (SSSR count). The molecule has 3 nitrogen and oxygen atoms in total. The number of carbonyl (C=O) groups excluding carboxylic acids is 1. The number of hydrogen-bond donors (Lipinski definition) is 2. The standard InChI is InChI=1S/C21H15F5N2OS/c22-20(23)30-16-10-8-14(9-11-16)27-18-7-2-1-6-17(18)19(29)28-15-5-3-4-13(12-15)21(24,25)26/h1-12,20,27H,(H,28,29). The van der Waals surface area contributed by atoms with E-state index < -0.39 is 23.4 Å².